The van der Waals surface area contributed by atoms with Crippen molar-refractivity contribution in [2.75, 3.05) is 6.54 Å². The SMILES string of the molecule is Cc1ccsc1C(=O)NCC(C(C)C)C(C)C. The Kier molecular flexibility index (Phi) is 5.19. The predicted octanol–water partition coefficient (Wildman–Crippen LogP) is 3.71. The van der Waals surface area contributed by atoms with Crippen molar-refractivity contribution in [3.8, 4) is 0 Å². The Hall–Kier alpha value is -0.830. The van der Waals surface area contributed by atoms with Gasteiger partial charge in [-0.2, -0.15) is 0 Å². The van der Waals surface area contributed by atoms with E-state index in [0.717, 1.165) is 17.0 Å². The third-order valence-electron chi connectivity index (χ3n) is 3.28. The third-order valence-corrected chi connectivity index (χ3v) is 4.29. The lowest BCUT2D eigenvalue weighted by molar-refractivity contribution is 0.0940. The molecule has 0 atom stereocenters. The molecule has 96 valence electrons. The minimum atomic E-state index is 0.0730. The van der Waals surface area contributed by atoms with E-state index in [1.807, 2.05) is 18.4 Å². The first-order valence-corrected chi connectivity index (χ1v) is 7.13. The number of carbonyl (C=O) groups is 1. The van der Waals surface area contributed by atoms with Crippen LogP contribution in [0.15, 0.2) is 11.4 Å². The van der Waals surface area contributed by atoms with Crippen LogP contribution in [0.3, 0.4) is 0 Å². The van der Waals surface area contributed by atoms with Crippen LogP contribution in [0, 0.1) is 24.7 Å². The summed E-state index contributed by atoms with van der Waals surface area (Å²) in [6, 6.07) is 1.99. The summed E-state index contributed by atoms with van der Waals surface area (Å²) in [7, 11) is 0. The molecule has 1 rings (SSSR count). The van der Waals surface area contributed by atoms with E-state index in [9.17, 15) is 4.79 Å². The van der Waals surface area contributed by atoms with Gasteiger partial charge in [0.2, 0.25) is 0 Å². The van der Waals surface area contributed by atoms with Gasteiger partial charge in [-0.05, 0) is 41.7 Å². The minimum absolute atomic E-state index is 0.0730. The molecule has 2 nitrogen and oxygen atoms in total. The van der Waals surface area contributed by atoms with Gasteiger partial charge in [0, 0.05) is 6.54 Å². The molecule has 1 amide bonds. The lowest BCUT2D eigenvalue weighted by Crippen LogP contribution is -2.33. The van der Waals surface area contributed by atoms with Crippen LogP contribution in [-0.2, 0) is 0 Å². The molecule has 0 aromatic carbocycles. The summed E-state index contributed by atoms with van der Waals surface area (Å²) in [5.74, 6) is 1.81. The molecule has 0 fully saturated rings. The third kappa shape index (κ3) is 3.84. The van der Waals surface area contributed by atoms with E-state index in [4.69, 9.17) is 0 Å². The van der Waals surface area contributed by atoms with E-state index >= 15 is 0 Å². The van der Waals surface area contributed by atoms with Crippen LogP contribution >= 0.6 is 11.3 Å². The first kappa shape index (κ1) is 14.2. The molecule has 3 heteroatoms. The monoisotopic (exact) mass is 253 g/mol. The summed E-state index contributed by atoms with van der Waals surface area (Å²) in [6.45, 7) is 11.6. The molecule has 0 aliphatic heterocycles. The van der Waals surface area contributed by atoms with E-state index in [2.05, 4.69) is 33.0 Å². The molecular formula is C14H23NOS. The molecule has 0 bridgehead atoms. The highest BCUT2D eigenvalue weighted by molar-refractivity contribution is 7.12. The second kappa shape index (κ2) is 6.20. The quantitative estimate of drug-likeness (QED) is 0.851. The molecule has 0 spiro atoms. The summed E-state index contributed by atoms with van der Waals surface area (Å²) in [4.78, 5) is 12.8. The summed E-state index contributed by atoms with van der Waals surface area (Å²) in [6.07, 6.45) is 0. The standard InChI is InChI=1S/C14H23NOS/c1-9(2)12(10(3)4)8-15-14(16)13-11(5)6-7-17-13/h6-7,9-10,12H,8H2,1-5H3,(H,15,16). The van der Waals surface area contributed by atoms with Gasteiger partial charge in [0.1, 0.15) is 0 Å². The summed E-state index contributed by atoms with van der Waals surface area (Å²) >= 11 is 1.51. The summed E-state index contributed by atoms with van der Waals surface area (Å²) in [5.41, 5.74) is 1.07. The number of nitrogens with one attached hydrogen (secondary N) is 1. The number of hydrogen-bond donors (Lipinski definition) is 1. The summed E-state index contributed by atoms with van der Waals surface area (Å²) < 4.78 is 0. The highest BCUT2D eigenvalue weighted by Crippen LogP contribution is 2.20. The Morgan fingerprint density at radius 2 is 1.88 bits per heavy atom. The maximum Gasteiger partial charge on any atom is 0.261 e. The van der Waals surface area contributed by atoms with Crippen LogP contribution in [0.1, 0.15) is 42.9 Å². The van der Waals surface area contributed by atoms with Gasteiger partial charge < -0.3 is 5.32 Å². The Balaban J connectivity index is 2.56. The van der Waals surface area contributed by atoms with Gasteiger partial charge in [-0.3, -0.25) is 4.79 Å². The molecule has 0 saturated carbocycles. The Morgan fingerprint density at radius 1 is 1.29 bits per heavy atom. The zero-order chi connectivity index (χ0) is 13.0. The number of thiophene rings is 1. The van der Waals surface area contributed by atoms with Gasteiger partial charge in [0.25, 0.3) is 5.91 Å². The maximum absolute atomic E-state index is 12.0. The highest BCUT2D eigenvalue weighted by Gasteiger charge is 2.19. The molecule has 0 saturated heterocycles. The zero-order valence-electron chi connectivity index (χ0n) is 11.4. The van der Waals surface area contributed by atoms with Crippen LogP contribution in [0.5, 0.6) is 0 Å². The first-order valence-electron chi connectivity index (χ1n) is 6.25. The van der Waals surface area contributed by atoms with E-state index in [0.29, 0.717) is 17.8 Å². The summed E-state index contributed by atoms with van der Waals surface area (Å²) in [5, 5.41) is 5.03. The maximum atomic E-state index is 12.0. The molecule has 1 N–H and O–H groups in total. The molecule has 1 aromatic heterocycles. The van der Waals surface area contributed by atoms with Crippen LogP contribution in [0.4, 0.5) is 0 Å². The second-order valence-corrected chi connectivity index (χ2v) is 6.21. The molecule has 0 aliphatic carbocycles. The second-order valence-electron chi connectivity index (χ2n) is 5.29. The van der Waals surface area contributed by atoms with Crippen molar-refractivity contribution in [2.24, 2.45) is 17.8 Å². The van der Waals surface area contributed by atoms with E-state index < -0.39 is 0 Å². The molecule has 1 heterocycles. The van der Waals surface area contributed by atoms with Crippen LogP contribution in [0.2, 0.25) is 0 Å². The molecule has 1 aromatic rings. The van der Waals surface area contributed by atoms with Crippen molar-refractivity contribution < 1.29 is 4.79 Å². The molecular weight excluding hydrogens is 230 g/mol. The Labute approximate surface area is 108 Å². The number of aryl methyl sites for hydroxylation is 1. The van der Waals surface area contributed by atoms with Gasteiger partial charge in [-0.25, -0.2) is 0 Å². The van der Waals surface area contributed by atoms with E-state index in [1.165, 1.54) is 11.3 Å². The normalized spacial score (nSPS) is 11.5. The fourth-order valence-corrected chi connectivity index (χ4v) is 2.98. The van der Waals surface area contributed by atoms with Crippen LogP contribution < -0.4 is 5.32 Å². The number of amides is 1. The van der Waals surface area contributed by atoms with E-state index in [1.54, 1.807) is 0 Å². The molecule has 17 heavy (non-hydrogen) atoms. The van der Waals surface area contributed by atoms with Gasteiger partial charge in [-0.15, -0.1) is 11.3 Å². The average molecular weight is 253 g/mol. The smallest absolute Gasteiger partial charge is 0.261 e. The van der Waals surface area contributed by atoms with Crippen LogP contribution in [-0.4, -0.2) is 12.5 Å². The Morgan fingerprint density at radius 3 is 2.29 bits per heavy atom. The van der Waals surface area contributed by atoms with Gasteiger partial charge in [-0.1, -0.05) is 27.7 Å². The largest absolute Gasteiger partial charge is 0.351 e. The predicted molar refractivity (Wildman–Crippen MR) is 74.6 cm³/mol. The Bertz CT molecular complexity index is 360. The van der Waals surface area contributed by atoms with Crippen molar-refractivity contribution in [3.63, 3.8) is 0 Å². The average Bonchev–Trinajstić information content (AvgIpc) is 2.63. The molecule has 0 unspecified atom stereocenters. The molecule has 0 aliphatic rings. The lowest BCUT2D eigenvalue weighted by atomic mass is 9.85. The van der Waals surface area contributed by atoms with Crippen molar-refractivity contribution in [1.82, 2.24) is 5.32 Å². The van der Waals surface area contributed by atoms with Gasteiger partial charge in [0.15, 0.2) is 0 Å². The van der Waals surface area contributed by atoms with E-state index in [-0.39, 0.29) is 5.91 Å². The van der Waals surface area contributed by atoms with Crippen molar-refractivity contribution in [1.29, 1.82) is 0 Å². The van der Waals surface area contributed by atoms with Gasteiger partial charge in [0.05, 0.1) is 4.88 Å². The zero-order valence-corrected chi connectivity index (χ0v) is 12.2. The number of carbonyl (C=O) groups excluding carboxylic acids is 1. The highest BCUT2D eigenvalue weighted by atomic mass is 32.1. The molecule has 0 radical (unpaired) electrons. The fourth-order valence-electron chi connectivity index (χ4n) is 2.14. The van der Waals surface area contributed by atoms with Crippen molar-refractivity contribution >= 4 is 17.2 Å². The van der Waals surface area contributed by atoms with Crippen molar-refractivity contribution in [3.05, 3.63) is 21.9 Å². The van der Waals surface area contributed by atoms with Gasteiger partial charge >= 0.3 is 0 Å². The number of rotatable bonds is 5. The van der Waals surface area contributed by atoms with Crippen LogP contribution in [0.25, 0.3) is 0 Å². The fraction of sp³-hybridized carbons (Fsp3) is 0.643. The van der Waals surface area contributed by atoms with Crippen molar-refractivity contribution in [2.45, 2.75) is 34.6 Å². The lowest BCUT2D eigenvalue weighted by Gasteiger charge is -2.24. The minimum Gasteiger partial charge on any atom is -0.351 e. The number of hydrogen-bond acceptors (Lipinski definition) is 2. The first-order chi connectivity index (χ1) is 7.93. The topological polar surface area (TPSA) is 29.1 Å².